The summed E-state index contributed by atoms with van der Waals surface area (Å²) in [5.74, 6) is 0.135. The van der Waals surface area contributed by atoms with Crippen LogP contribution in [0.2, 0.25) is 0 Å². The topological polar surface area (TPSA) is 100 Å². The van der Waals surface area contributed by atoms with Crippen LogP contribution < -0.4 is 10.6 Å². The average Bonchev–Trinajstić information content (AvgIpc) is 2.96. The van der Waals surface area contributed by atoms with Crippen molar-refractivity contribution in [1.82, 2.24) is 30.5 Å². The largest absolute Gasteiger partial charge is 0.325 e. The highest BCUT2D eigenvalue weighted by atomic mass is 16.2. The second kappa shape index (κ2) is 6.80. The van der Waals surface area contributed by atoms with Gasteiger partial charge in [-0.25, -0.2) is 14.8 Å². The molecule has 0 aromatic carbocycles. The smallest absolute Gasteiger partial charge is 0.318 e. The molecule has 2 aromatic rings. The van der Waals surface area contributed by atoms with E-state index in [-0.39, 0.29) is 18.4 Å². The number of piperidine rings is 1. The fraction of sp³-hybridized carbons (Fsp3) is 0.389. The van der Waals surface area contributed by atoms with Crippen LogP contribution in [0.25, 0.3) is 0 Å². The molecule has 4 rings (SSSR count). The number of aromatic nitrogens is 3. The molecule has 3 amide bonds. The highest BCUT2D eigenvalue weighted by Gasteiger charge is 2.57. The van der Waals surface area contributed by atoms with E-state index in [0.29, 0.717) is 11.5 Å². The minimum Gasteiger partial charge on any atom is -0.318 e. The summed E-state index contributed by atoms with van der Waals surface area (Å²) in [5.41, 5.74) is -0.545. The van der Waals surface area contributed by atoms with Gasteiger partial charge in [0.2, 0.25) is 0 Å². The van der Waals surface area contributed by atoms with Crippen LogP contribution in [0.3, 0.4) is 0 Å². The Hall–Kier alpha value is -2.87. The third-order valence-electron chi connectivity index (χ3n) is 5.07. The lowest BCUT2D eigenvalue weighted by Crippen LogP contribution is -2.53. The predicted octanol–water partition coefficient (Wildman–Crippen LogP) is 0.818. The Balaban J connectivity index is 1.72. The Morgan fingerprint density at radius 3 is 2.46 bits per heavy atom. The number of urea groups is 1. The second-order valence-corrected chi connectivity index (χ2v) is 6.53. The van der Waals surface area contributed by atoms with Crippen molar-refractivity contribution >= 4 is 11.9 Å². The van der Waals surface area contributed by atoms with Crippen LogP contribution in [0.5, 0.6) is 0 Å². The van der Waals surface area contributed by atoms with E-state index in [1.165, 1.54) is 4.90 Å². The molecule has 2 aliphatic rings. The van der Waals surface area contributed by atoms with E-state index in [1.54, 1.807) is 30.7 Å². The molecule has 8 nitrogen and oxygen atoms in total. The fourth-order valence-electron chi connectivity index (χ4n) is 3.80. The first kappa shape index (κ1) is 16.6. The highest BCUT2D eigenvalue weighted by Crippen LogP contribution is 2.39. The summed E-state index contributed by atoms with van der Waals surface area (Å²) in [6, 6.07) is 6.72. The zero-order valence-electron chi connectivity index (χ0n) is 14.3. The molecule has 2 N–H and O–H groups in total. The molecule has 134 valence electrons. The van der Waals surface area contributed by atoms with Crippen molar-refractivity contribution in [3.8, 4) is 0 Å². The summed E-state index contributed by atoms with van der Waals surface area (Å²) in [6.07, 6.45) is 6.43. The molecule has 8 heteroatoms. The fourth-order valence-corrected chi connectivity index (χ4v) is 3.80. The van der Waals surface area contributed by atoms with Crippen molar-refractivity contribution < 1.29 is 9.59 Å². The minimum atomic E-state index is -1.13. The Morgan fingerprint density at radius 1 is 1.04 bits per heavy atom. The zero-order chi connectivity index (χ0) is 18.0. The molecule has 0 unspecified atom stereocenters. The van der Waals surface area contributed by atoms with Crippen LogP contribution >= 0.6 is 0 Å². The Bertz CT molecular complexity index is 794. The number of imide groups is 1. The van der Waals surface area contributed by atoms with Crippen molar-refractivity contribution in [3.05, 3.63) is 54.4 Å². The number of rotatable bonds is 4. The van der Waals surface area contributed by atoms with Gasteiger partial charge in [0, 0.05) is 18.6 Å². The maximum atomic E-state index is 13.5. The number of carbonyl (C=O) groups is 2. The molecule has 0 spiro atoms. The van der Waals surface area contributed by atoms with Crippen LogP contribution in [0, 0.1) is 5.92 Å². The molecule has 0 saturated carbocycles. The van der Waals surface area contributed by atoms with Gasteiger partial charge in [0.05, 0.1) is 12.2 Å². The van der Waals surface area contributed by atoms with E-state index in [9.17, 15) is 9.59 Å². The molecule has 4 heterocycles. The van der Waals surface area contributed by atoms with Crippen LogP contribution in [-0.2, 0) is 16.9 Å². The second-order valence-electron chi connectivity index (χ2n) is 6.53. The van der Waals surface area contributed by atoms with Gasteiger partial charge in [-0.1, -0.05) is 6.07 Å². The van der Waals surface area contributed by atoms with Crippen molar-refractivity contribution in [2.24, 2.45) is 5.92 Å². The van der Waals surface area contributed by atoms with Gasteiger partial charge in [0.15, 0.2) is 5.54 Å². The third-order valence-corrected chi connectivity index (χ3v) is 5.07. The lowest BCUT2D eigenvalue weighted by atomic mass is 9.75. The normalized spacial score (nSPS) is 23.9. The lowest BCUT2D eigenvalue weighted by Gasteiger charge is -2.37. The summed E-state index contributed by atoms with van der Waals surface area (Å²) in [5, 5.41) is 6.27. The predicted molar refractivity (Wildman–Crippen MR) is 92.6 cm³/mol. The molecular weight excluding hydrogens is 332 g/mol. The van der Waals surface area contributed by atoms with Crippen molar-refractivity contribution in [2.45, 2.75) is 24.9 Å². The first-order valence-corrected chi connectivity index (χ1v) is 8.74. The van der Waals surface area contributed by atoms with E-state index in [4.69, 9.17) is 0 Å². The summed E-state index contributed by atoms with van der Waals surface area (Å²) in [4.78, 5) is 40.1. The molecule has 2 aliphatic heterocycles. The van der Waals surface area contributed by atoms with E-state index in [0.717, 1.165) is 25.9 Å². The van der Waals surface area contributed by atoms with Crippen molar-refractivity contribution in [2.75, 3.05) is 13.1 Å². The summed E-state index contributed by atoms with van der Waals surface area (Å²) in [6.45, 7) is 1.67. The first-order valence-electron chi connectivity index (χ1n) is 8.74. The third kappa shape index (κ3) is 2.72. The van der Waals surface area contributed by atoms with Gasteiger partial charge >= 0.3 is 6.03 Å². The Kier molecular flexibility index (Phi) is 4.34. The molecule has 2 aromatic heterocycles. The average molecular weight is 352 g/mol. The highest BCUT2D eigenvalue weighted by molar-refractivity contribution is 6.07. The van der Waals surface area contributed by atoms with Gasteiger partial charge in [-0.15, -0.1) is 0 Å². The number of amides is 3. The van der Waals surface area contributed by atoms with Gasteiger partial charge in [-0.3, -0.25) is 14.7 Å². The van der Waals surface area contributed by atoms with E-state index >= 15 is 0 Å². The van der Waals surface area contributed by atoms with Gasteiger partial charge in [0.1, 0.15) is 5.82 Å². The number of hydrogen-bond donors (Lipinski definition) is 2. The summed E-state index contributed by atoms with van der Waals surface area (Å²) >= 11 is 0. The number of carbonyl (C=O) groups excluding carboxylic acids is 2. The van der Waals surface area contributed by atoms with Crippen LogP contribution in [0.1, 0.15) is 24.4 Å². The number of nitrogens with one attached hydrogen (secondary N) is 2. The molecule has 0 radical (unpaired) electrons. The molecule has 2 saturated heterocycles. The maximum Gasteiger partial charge on any atom is 0.325 e. The van der Waals surface area contributed by atoms with Crippen molar-refractivity contribution in [3.63, 3.8) is 0 Å². The van der Waals surface area contributed by atoms with Crippen LogP contribution in [0.15, 0.2) is 42.9 Å². The zero-order valence-corrected chi connectivity index (χ0v) is 14.3. The van der Waals surface area contributed by atoms with Gasteiger partial charge in [0.25, 0.3) is 5.91 Å². The lowest BCUT2D eigenvalue weighted by molar-refractivity contribution is -0.134. The SMILES string of the molecule is O=C1N[C@](c2ccccn2)(C2CCNCC2)C(=O)N1Cc1ncccn1. The Morgan fingerprint density at radius 2 is 1.77 bits per heavy atom. The molecule has 0 bridgehead atoms. The molecular formula is C18H20N6O2. The number of pyridine rings is 1. The Labute approximate surface area is 151 Å². The van der Waals surface area contributed by atoms with E-state index in [1.807, 2.05) is 12.1 Å². The van der Waals surface area contributed by atoms with E-state index < -0.39 is 11.6 Å². The molecule has 0 aliphatic carbocycles. The van der Waals surface area contributed by atoms with Crippen LogP contribution in [-0.4, -0.2) is 44.9 Å². The quantitative estimate of drug-likeness (QED) is 0.790. The van der Waals surface area contributed by atoms with Crippen molar-refractivity contribution in [1.29, 1.82) is 0 Å². The standard InChI is InChI=1S/C18H20N6O2/c25-16-18(13-5-10-19-11-6-13,14-4-1-2-7-20-14)23-17(26)24(16)12-15-21-8-3-9-22-15/h1-4,7-9,13,19H,5-6,10-12H2,(H,23,26)/t18-/m0/s1. The summed E-state index contributed by atoms with van der Waals surface area (Å²) in [7, 11) is 0. The molecule has 26 heavy (non-hydrogen) atoms. The van der Waals surface area contributed by atoms with Gasteiger partial charge in [-0.05, 0) is 50.0 Å². The van der Waals surface area contributed by atoms with E-state index in [2.05, 4.69) is 25.6 Å². The summed E-state index contributed by atoms with van der Waals surface area (Å²) < 4.78 is 0. The molecule has 2 fully saturated rings. The number of hydrogen-bond acceptors (Lipinski definition) is 6. The first-order chi connectivity index (χ1) is 12.7. The maximum absolute atomic E-state index is 13.5. The number of nitrogens with zero attached hydrogens (tertiary/aromatic N) is 4. The van der Waals surface area contributed by atoms with Gasteiger partial charge in [-0.2, -0.15) is 0 Å². The molecule has 1 atom stereocenters. The monoisotopic (exact) mass is 352 g/mol. The van der Waals surface area contributed by atoms with Crippen LogP contribution in [0.4, 0.5) is 4.79 Å². The minimum absolute atomic E-state index is 0.0169. The van der Waals surface area contributed by atoms with Gasteiger partial charge < -0.3 is 10.6 Å².